The number of ketones is 1. The smallest absolute Gasteiger partial charge is 0.316 e. The van der Waals surface area contributed by atoms with Crippen LogP contribution in [0.4, 0.5) is 5.69 Å². The van der Waals surface area contributed by atoms with Crippen LogP contribution in [0.25, 0.3) is 0 Å². The van der Waals surface area contributed by atoms with Gasteiger partial charge in [0.2, 0.25) is 0 Å². The van der Waals surface area contributed by atoms with Gasteiger partial charge in [-0.25, -0.2) is 0 Å². The first kappa shape index (κ1) is 14.9. The summed E-state index contributed by atoms with van der Waals surface area (Å²) >= 11 is 0. The van der Waals surface area contributed by atoms with E-state index in [1.807, 2.05) is 0 Å². The average Bonchev–Trinajstić information content (AvgIpc) is 2.49. The maximum atomic E-state index is 12.1. The molecule has 1 aliphatic rings. The van der Waals surface area contributed by atoms with Gasteiger partial charge in [-0.05, 0) is 18.9 Å². The first-order valence-electron chi connectivity index (χ1n) is 6.51. The molecule has 6 nitrogen and oxygen atoms in total. The summed E-state index contributed by atoms with van der Waals surface area (Å²) in [6, 6.07) is 6.28. The largest absolute Gasteiger partial charge is 0.468 e. The fourth-order valence-corrected chi connectivity index (χ4v) is 2.54. The molecule has 0 saturated heterocycles. The lowest BCUT2D eigenvalue weighted by Crippen LogP contribution is -2.35. The summed E-state index contributed by atoms with van der Waals surface area (Å²) in [4.78, 5) is 34.1. The second kappa shape index (κ2) is 5.87. The molecule has 0 amide bonds. The standard InChI is InChI=1S/C15H15NO5/c1-21-14(18)15(8-6-12(17)7-9-15)10-11-4-2-3-5-13(11)16(19)20/h2-6,8H,7,9-10H2,1H3/t15-/m0/s1. The van der Waals surface area contributed by atoms with Crippen molar-refractivity contribution in [3.63, 3.8) is 0 Å². The molecule has 21 heavy (non-hydrogen) atoms. The van der Waals surface area contributed by atoms with Crippen molar-refractivity contribution in [1.29, 1.82) is 0 Å². The molecule has 0 unspecified atom stereocenters. The van der Waals surface area contributed by atoms with Crippen molar-refractivity contribution < 1.29 is 19.2 Å². The third kappa shape index (κ3) is 2.99. The molecule has 0 N–H and O–H groups in total. The Morgan fingerprint density at radius 3 is 2.71 bits per heavy atom. The van der Waals surface area contributed by atoms with Crippen molar-refractivity contribution in [2.24, 2.45) is 5.41 Å². The van der Waals surface area contributed by atoms with Crippen LogP contribution < -0.4 is 0 Å². The highest BCUT2D eigenvalue weighted by atomic mass is 16.6. The summed E-state index contributed by atoms with van der Waals surface area (Å²) in [6.45, 7) is 0. The van der Waals surface area contributed by atoms with Crippen LogP contribution >= 0.6 is 0 Å². The Balaban J connectivity index is 2.42. The van der Waals surface area contributed by atoms with Crippen LogP contribution in [0.5, 0.6) is 0 Å². The average molecular weight is 289 g/mol. The summed E-state index contributed by atoms with van der Waals surface area (Å²) in [5, 5.41) is 11.1. The minimum absolute atomic E-state index is 0.0360. The third-order valence-electron chi connectivity index (χ3n) is 3.69. The van der Waals surface area contributed by atoms with Gasteiger partial charge in [-0.1, -0.05) is 24.3 Å². The maximum absolute atomic E-state index is 12.1. The molecular weight excluding hydrogens is 274 g/mol. The number of nitro groups is 1. The maximum Gasteiger partial charge on any atom is 0.316 e. The normalized spacial score (nSPS) is 21.1. The van der Waals surface area contributed by atoms with E-state index in [1.165, 1.54) is 25.3 Å². The van der Waals surface area contributed by atoms with Crippen molar-refractivity contribution in [1.82, 2.24) is 0 Å². The molecule has 1 atom stereocenters. The number of rotatable bonds is 4. The highest BCUT2D eigenvalue weighted by Crippen LogP contribution is 2.37. The molecular formula is C15H15NO5. The number of hydrogen-bond donors (Lipinski definition) is 0. The van der Waals surface area contributed by atoms with Crippen molar-refractivity contribution in [3.8, 4) is 0 Å². The minimum atomic E-state index is -1.02. The number of esters is 1. The Hall–Kier alpha value is -2.50. The molecule has 2 rings (SSSR count). The van der Waals surface area contributed by atoms with E-state index in [2.05, 4.69) is 0 Å². The SMILES string of the molecule is COC(=O)[C@@]1(Cc2ccccc2[N+](=O)[O-])C=CC(=O)CC1. The lowest BCUT2D eigenvalue weighted by Gasteiger charge is -2.29. The van der Waals surface area contributed by atoms with E-state index in [0.717, 1.165) is 0 Å². The molecule has 0 saturated carbocycles. The van der Waals surface area contributed by atoms with Gasteiger partial charge in [0, 0.05) is 18.1 Å². The number of carbonyl (C=O) groups is 2. The molecule has 0 bridgehead atoms. The molecule has 1 aromatic rings. The van der Waals surface area contributed by atoms with Gasteiger partial charge in [-0.3, -0.25) is 19.7 Å². The van der Waals surface area contributed by atoms with Gasteiger partial charge >= 0.3 is 5.97 Å². The first-order chi connectivity index (χ1) is 9.98. The van der Waals surface area contributed by atoms with Gasteiger partial charge in [0.05, 0.1) is 17.4 Å². The van der Waals surface area contributed by atoms with E-state index in [0.29, 0.717) is 12.0 Å². The predicted molar refractivity (Wildman–Crippen MR) is 74.6 cm³/mol. The van der Waals surface area contributed by atoms with E-state index < -0.39 is 16.3 Å². The van der Waals surface area contributed by atoms with E-state index >= 15 is 0 Å². The van der Waals surface area contributed by atoms with Gasteiger partial charge < -0.3 is 4.74 Å². The molecule has 110 valence electrons. The highest BCUT2D eigenvalue weighted by molar-refractivity contribution is 5.93. The molecule has 0 radical (unpaired) electrons. The Kier molecular flexibility index (Phi) is 4.16. The first-order valence-corrected chi connectivity index (χ1v) is 6.51. The van der Waals surface area contributed by atoms with Crippen molar-refractivity contribution in [3.05, 3.63) is 52.1 Å². The number of methoxy groups -OCH3 is 1. The van der Waals surface area contributed by atoms with Crippen molar-refractivity contribution in [2.75, 3.05) is 7.11 Å². The fourth-order valence-electron chi connectivity index (χ4n) is 2.54. The number of allylic oxidation sites excluding steroid dienone is 1. The molecule has 0 fully saturated rings. The fraction of sp³-hybridized carbons (Fsp3) is 0.333. The number of benzene rings is 1. The van der Waals surface area contributed by atoms with Gasteiger partial charge in [-0.2, -0.15) is 0 Å². The molecule has 0 aliphatic heterocycles. The second-order valence-corrected chi connectivity index (χ2v) is 5.01. The van der Waals surface area contributed by atoms with Crippen LogP contribution in [-0.4, -0.2) is 23.8 Å². The molecule has 0 heterocycles. The van der Waals surface area contributed by atoms with Gasteiger partial charge in [0.1, 0.15) is 0 Å². The molecule has 6 heteroatoms. The number of nitro benzene ring substituents is 1. The van der Waals surface area contributed by atoms with E-state index in [1.54, 1.807) is 18.2 Å². The van der Waals surface area contributed by atoms with Crippen LogP contribution in [0, 0.1) is 15.5 Å². The topological polar surface area (TPSA) is 86.5 Å². The van der Waals surface area contributed by atoms with Crippen LogP contribution in [0.2, 0.25) is 0 Å². The van der Waals surface area contributed by atoms with Crippen LogP contribution in [0.3, 0.4) is 0 Å². The Labute approximate surface area is 121 Å². The number of nitrogens with zero attached hydrogens (tertiary/aromatic N) is 1. The van der Waals surface area contributed by atoms with Gasteiger partial charge in [0.15, 0.2) is 5.78 Å². The van der Waals surface area contributed by atoms with E-state index in [4.69, 9.17) is 4.74 Å². The lowest BCUT2D eigenvalue weighted by molar-refractivity contribution is -0.385. The Bertz CT molecular complexity index is 622. The highest BCUT2D eigenvalue weighted by Gasteiger charge is 2.40. The zero-order valence-corrected chi connectivity index (χ0v) is 11.6. The van der Waals surface area contributed by atoms with Crippen LogP contribution in [0.1, 0.15) is 18.4 Å². The van der Waals surface area contributed by atoms with Crippen LogP contribution in [0.15, 0.2) is 36.4 Å². The quantitative estimate of drug-likeness (QED) is 0.482. The summed E-state index contributed by atoms with van der Waals surface area (Å²) in [6.07, 6.45) is 3.53. The van der Waals surface area contributed by atoms with Gasteiger partial charge in [0.25, 0.3) is 5.69 Å². The third-order valence-corrected chi connectivity index (χ3v) is 3.69. The Morgan fingerprint density at radius 1 is 1.43 bits per heavy atom. The minimum Gasteiger partial charge on any atom is -0.468 e. The number of para-hydroxylation sites is 1. The van der Waals surface area contributed by atoms with Crippen LogP contribution in [-0.2, 0) is 20.7 Å². The number of hydrogen-bond acceptors (Lipinski definition) is 5. The van der Waals surface area contributed by atoms with Gasteiger partial charge in [-0.15, -0.1) is 0 Å². The summed E-state index contributed by atoms with van der Waals surface area (Å²) in [5.41, 5.74) is -0.604. The summed E-state index contributed by atoms with van der Waals surface area (Å²) in [5.74, 6) is -0.540. The second-order valence-electron chi connectivity index (χ2n) is 5.01. The summed E-state index contributed by atoms with van der Waals surface area (Å²) in [7, 11) is 1.27. The zero-order chi connectivity index (χ0) is 15.5. The predicted octanol–water partition coefficient (Wildman–Crippen LogP) is 2.22. The Morgan fingerprint density at radius 2 is 2.14 bits per heavy atom. The molecule has 1 aliphatic carbocycles. The lowest BCUT2D eigenvalue weighted by atomic mass is 9.74. The van der Waals surface area contributed by atoms with E-state index in [9.17, 15) is 19.7 Å². The number of ether oxygens (including phenoxy) is 1. The molecule has 0 aromatic heterocycles. The van der Waals surface area contributed by atoms with Crippen molar-refractivity contribution in [2.45, 2.75) is 19.3 Å². The molecule has 0 spiro atoms. The number of carbonyl (C=O) groups excluding carboxylic acids is 2. The summed E-state index contributed by atoms with van der Waals surface area (Å²) < 4.78 is 4.83. The molecule has 1 aromatic carbocycles. The van der Waals surface area contributed by atoms with Crippen molar-refractivity contribution >= 4 is 17.4 Å². The zero-order valence-electron chi connectivity index (χ0n) is 11.6. The van der Waals surface area contributed by atoms with E-state index in [-0.39, 0.29) is 24.3 Å². The monoisotopic (exact) mass is 289 g/mol.